The molecule has 41 heavy (non-hydrogen) atoms. The standard InChI is InChI=1S/C31H20F8O2/c1-2-3-12-40-22-10-8-19(9-11-22)21-7-6-20(24(32)15-21)5-4-18-13-25(33)29(26(34)14-18)31(38,39)41-23-16-27(35)30(37)28(36)17-23/h6-11,13-17H,2-3,12H2,1H3. The molecule has 0 amide bonds. The van der Waals surface area contributed by atoms with Gasteiger partial charge >= 0.3 is 6.11 Å². The minimum absolute atomic E-state index is 0.0971. The molecule has 4 aromatic carbocycles. The first kappa shape index (κ1) is 29.5. The lowest BCUT2D eigenvalue weighted by molar-refractivity contribution is -0.189. The summed E-state index contributed by atoms with van der Waals surface area (Å²) in [6.07, 6.45) is -2.82. The van der Waals surface area contributed by atoms with Gasteiger partial charge in [-0.1, -0.05) is 43.4 Å². The van der Waals surface area contributed by atoms with Crippen LogP contribution in [0.2, 0.25) is 0 Å². The van der Waals surface area contributed by atoms with Crippen molar-refractivity contribution in [3.05, 3.63) is 118 Å². The van der Waals surface area contributed by atoms with Crippen LogP contribution in [0.1, 0.15) is 36.5 Å². The molecule has 0 aliphatic carbocycles. The topological polar surface area (TPSA) is 18.5 Å². The highest BCUT2D eigenvalue weighted by Gasteiger charge is 2.41. The fourth-order valence-corrected chi connectivity index (χ4v) is 3.73. The van der Waals surface area contributed by atoms with Crippen molar-refractivity contribution in [2.75, 3.05) is 6.61 Å². The molecule has 0 heterocycles. The third-order valence-electron chi connectivity index (χ3n) is 5.80. The van der Waals surface area contributed by atoms with Crippen molar-refractivity contribution in [3.63, 3.8) is 0 Å². The number of ether oxygens (including phenoxy) is 2. The Morgan fingerprint density at radius 2 is 1.27 bits per heavy atom. The lowest BCUT2D eigenvalue weighted by atomic mass is 10.0. The predicted octanol–water partition coefficient (Wildman–Crippen LogP) is 8.90. The summed E-state index contributed by atoms with van der Waals surface area (Å²) in [5.41, 5.74) is -1.14. The molecule has 4 aromatic rings. The van der Waals surface area contributed by atoms with E-state index in [2.05, 4.69) is 16.6 Å². The fourth-order valence-electron chi connectivity index (χ4n) is 3.73. The Balaban J connectivity index is 1.52. The zero-order chi connectivity index (χ0) is 29.7. The van der Waals surface area contributed by atoms with Crippen molar-refractivity contribution in [3.8, 4) is 34.5 Å². The number of rotatable bonds is 8. The Kier molecular flexibility index (Phi) is 8.86. The van der Waals surface area contributed by atoms with E-state index in [1.165, 1.54) is 12.1 Å². The molecular weight excluding hydrogens is 556 g/mol. The van der Waals surface area contributed by atoms with Gasteiger partial charge in [0.2, 0.25) is 0 Å². The van der Waals surface area contributed by atoms with Crippen LogP contribution in [0.5, 0.6) is 11.5 Å². The van der Waals surface area contributed by atoms with E-state index in [4.69, 9.17) is 4.74 Å². The van der Waals surface area contributed by atoms with Gasteiger partial charge in [-0.3, -0.25) is 0 Å². The van der Waals surface area contributed by atoms with Crippen molar-refractivity contribution >= 4 is 0 Å². The summed E-state index contributed by atoms with van der Waals surface area (Å²) >= 11 is 0. The van der Waals surface area contributed by atoms with E-state index < -0.39 is 57.9 Å². The summed E-state index contributed by atoms with van der Waals surface area (Å²) in [7, 11) is 0. The van der Waals surface area contributed by atoms with E-state index >= 15 is 0 Å². The molecule has 0 spiro atoms. The Hall–Kier alpha value is -4.52. The number of hydrogen-bond acceptors (Lipinski definition) is 2. The van der Waals surface area contributed by atoms with Crippen LogP contribution >= 0.6 is 0 Å². The Morgan fingerprint density at radius 3 is 1.85 bits per heavy atom. The lowest BCUT2D eigenvalue weighted by Gasteiger charge is -2.19. The van der Waals surface area contributed by atoms with E-state index in [0.29, 0.717) is 35.6 Å². The number of alkyl halides is 2. The summed E-state index contributed by atoms with van der Waals surface area (Å²) in [6.45, 7) is 2.64. The molecule has 0 saturated heterocycles. The average molecular weight is 576 g/mol. The third kappa shape index (κ3) is 6.98. The van der Waals surface area contributed by atoms with Gasteiger partial charge in [0.05, 0.1) is 12.2 Å². The van der Waals surface area contributed by atoms with E-state index in [-0.39, 0.29) is 17.7 Å². The second kappa shape index (κ2) is 12.3. The molecular formula is C31H20F8O2. The summed E-state index contributed by atoms with van der Waals surface area (Å²) in [6, 6.07) is 12.3. The van der Waals surface area contributed by atoms with E-state index in [1.54, 1.807) is 30.3 Å². The van der Waals surface area contributed by atoms with Crippen LogP contribution in [0.4, 0.5) is 35.1 Å². The molecule has 2 nitrogen and oxygen atoms in total. The Labute approximate surface area is 230 Å². The molecule has 4 rings (SSSR count). The van der Waals surface area contributed by atoms with Gasteiger partial charge in [-0.25, -0.2) is 26.3 Å². The quantitative estimate of drug-likeness (QED) is 0.0903. The SMILES string of the molecule is CCCCOc1ccc(-c2ccc(C#Cc3cc(F)c(C(F)(F)Oc4cc(F)c(F)c(F)c4)c(F)c3)c(F)c2)cc1. The van der Waals surface area contributed by atoms with E-state index in [0.717, 1.165) is 12.8 Å². The normalized spacial score (nSPS) is 11.1. The molecule has 0 atom stereocenters. The van der Waals surface area contributed by atoms with Crippen LogP contribution in [0.25, 0.3) is 11.1 Å². The minimum Gasteiger partial charge on any atom is -0.494 e. The third-order valence-corrected chi connectivity index (χ3v) is 5.80. The van der Waals surface area contributed by atoms with Crippen molar-refractivity contribution < 1.29 is 44.6 Å². The van der Waals surface area contributed by atoms with Gasteiger partial charge in [0.25, 0.3) is 0 Å². The van der Waals surface area contributed by atoms with Gasteiger partial charge in [0, 0.05) is 17.7 Å². The first-order valence-corrected chi connectivity index (χ1v) is 12.2. The first-order valence-electron chi connectivity index (χ1n) is 12.2. The van der Waals surface area contributed by atoms with Gasteiger partial charge in [-0.2, -0.15) is 8.78 Å². The average Bonchev–Trinajstić information content (AvgIpc) is 2.90. The maximum atomic E-state index is 14.7. The Morgan fingerprint density at radius 1 is 0.659 bits per heavy atom. The number of unbranched alkanes of at least 4 members (excludes halogenated alkanes) is 1. The van der Waals surface area contributed by atoms with Crippen LogP contribution in [-0.4, -0.2) is 6.61 Å². The van der Waals surface area contributed by atoms with Crippen LogP contribution < -0.4 is 9.47 Å². The minimum atomic E-state index is -4.74. The molecule has 0 aromatic heterocycles. The molecule has 0 aliphatic rings. The van der Waals surface area contributed by atoms with Crippen LogP contribution in [0.3, 0.4) is 0 Å². The first-order chi connectivity index (χ1) is 19.5. The number of hydrogen-bond donors (Lipinski definition) is 0. The zero-order valence-corrected chi connectivity index (χ0v) is 21.3. The molecule has 0 fully saturated rings. The highest BCUT2D eigenvalue weighted by molar-refractivity contribution is 5.65. The maximum absolute atomic E-state index is 14.7. The summed E-state index contributed by atoms with van der Waals surface area (Å²) < 4.78 is 122. The van der Waals surface area contributed by atoms with Crippen molar-refractivity contribution in [2.45, 2.75) is 25.9 Å². The predicted molar refractivity (Wildman–Crippen MR) is 135 cm³/mol. The van der Waals surface area contributed by atoms with Crippen molar-refractivity contribution in [2.24, 2.45) is 0 Å². The molecule has 0 radical (unpaired) electrons. The van der Waals surface area contributed by atoms with Crippen molar-refractivity contribution in [1.82, 2.24) is 0 Å². The second-order valence-corrected chi connectivity index (χ2v) is 8.81. The summed E-state index contributed by atoms with van der Waals surface area (Å²) in [5.74, 6) is -5.74. The lowest BCUT2D eigenvalue weighted by Crippen LogP contribution is -2.25. The van der Waals surface area contributed by atoms with Gasteiger partial charge in [0.15, 0.2) is 17.5 Å². The van der Waals surface area contributed by atoms with Crippen molar-refractivity contribution in [1.29, 1.82) is 0 Å². The molecule has 0 N–H and O–H groups in total. The van der Waals surface area contributed by atoms with Crippen LogP contribution in [0.15, 0.2) is 66.7 Å². The Bertz CT molecular complexity index is 1580. The molecule has 0 aliphatic heterocycles. The monoisotopic (exact) mass is 576 g/mol. The van der Waals surface area contributed by atoms with Gasteiger partial charge in [0.1, 0.15) is 34.5 Å². The highest BCUT2D eigenvalue weighted by atomic mass is 19.3. The number of halogens is 8. The number of benzene rings is 4. The van der Waals surface area contributed by atoms with Gasteiger partial charge in [-0.05, 0) is 53.9 Å². The molecule has 0 bridgehead atoms. The smallest absolute Gasteiger partial charge is 0.432 e. The molecule has 0 unspecified atom stereocenters. The van der Waals surface area contributed by atoms with Gasteiger partial charge < -0.3 is 9.47 Å². The van der Waals surface area contributed by atoms with Crippen LogP contribution in [0, 0.1) is 46.7 Å². The van der Waals surface area contributed by atoms with Crippen LogP contribution in [-0.2, 0) is 6.11 Å². The summed E-state index contributed by atoms with van der Waals surface area (Å²) in [4.78, 5) is 0. The second-order valence-electron chi connectivity index (χ2n) is 8.81. The molecule has 10 heteroatoms. The highest BCUT2D eigenvalue weighted by Crippen LogP contribution is 2.36. The fraction of sp³-hybridized carbons (Fsp3) is 0.161. The van der Waals surface area contributed by atoms with E-state index in [9.17, 15) is 35.1 Å². The molecule has 0 saturated carbocycles. The maximum Gasteiger partial charge on any atom is 0.432 e. The summed E-state index contributed by atoms with van der Waals surface area (Å²) in [5, 5.41) is 0. The van der Waals surface area contributed by atoms with Gasteiger partial charge in [-0.15, -0.1) is 0 Å². The molecule has 212 valence electrons. The largest absolute Gasteiger partial charge is 0.494 e. The van der Waals surface area contributed by atoms with E-state index in [1.807, 2.05) is 6.92 Å². The zero-order valence-electron chi connectivity index (χ0n) is 21.3.